The van der Waals surface area contributed by atoms with Gasteiger partial charge in [0.05, 0.1) is 12.6 Å². The Morgan fingerprint density at radius 3 is 2.65 bits per heavy atom. The summed E-state index contributed by atoms with van der Waals surface area (Å²) in [6.07, 6.45) is 2.93. The third kappa shape index (κ3) is 2.67. The summed E-state index contributed by atoms with van der Waals surface area (Å²) in [4.78, 5) is 4.45. The molecule has 0 aliphatic heterocycles. The molecule has 1 unspecified atom stereocenters. The molecule has 1 aromatic carbocycles. The second-order valence-corrected chi connectivity index (χ2v) is 5.67. The third-order valence-electron chi connectivity index (χ3n) is 3.61. The fraction of sp³-hybridized carbons (Fsp3) is 0.467. The highest BCUT2D eigenvalue weighted by Gasteiger charge is 2.33. The van der Waals surface area contributed by atoms with Gasteiger partial charge in [-0.15, -0.1) is 0 Å². The fourth-order valence-corrected chi connectivity index (χ4v) is 2.21. The van der Waals surface area contributed by atoms with Crippen LogP contribution in [0.25, 0.3) is 0 Å². The highest BCUT2D eigenvalue weighted by Crippen LogP contribution is 2.39. The van der Waals surface area contributed by atoms with Crippen molar-refractivity contribution in [2.45, 2.75) is 37.6 Å². The minimum atomic E-state index is -0.634. The van der Waals surface area contributed by atoms with Crippen LogP contribution in [-0.2, 0) is 12.0 Å². The molecule has 1 aromatic heterocycles. The lowest BCUT2D eigenvalue weighted by Gasteiger charge is -2.20. The SMILES string of the molecule is COc1ccc(CC(C)(N)c2noc(C3CC3)n2)cc1. The van der Waals surface area contributed by atoms with Crippen molar-refractivity contribution in [2.75, 3.05) is 7.11 Å². The first-order chi connectivity index (χ1) is 9.58. The van der Waals surface area contributed by atoms with Crippen LogP contribution < -0.4 is 10.5 Å². The zero-order valence-electron chi connectivity index (χ0n) is 11.8. The molecule has 1 saturated carbocycles. The van der Waals surface area contributed by atoms with Crippen molar-refractivity contribution in [3.05, 3.63) is 41.5 Å². The molecule has 5 heteroatoms. The van der Waals surface area contributed by atoms with Crippen molar-refractivity contribution in [1.82, 2.24) is 10.1 Å². The smallest absolute Gasteiger partial charge is 0.229 e. The topological polar surface area (TPSA) is 74.2 Å². The molecule has 1 fully saturated rings. The molecule has 1 heterocycles. The van der Waals surface area contributed by atoms with Crippen LogP contribution in [0, 0.1) is 0 Å². The molecule has 0 bridgehead atoms. The van der Waals surface area contributed by atoms with Crippen LogP contribution in [0.2, 0.25) is 0 Å². The Morgan fingerprint density at radius 1 is 1.35 bits per heavy atom. The Morgan fingerprint density at radius 2 is 2.05 bits per heavy atom. The lowest BCUT2D eigenvalue weighted by atomic mass is 9.93. The van der Waals surface area contributed by atoms with Gasteiger partial charge in [0.25, 0.3) is 0 Å². The standard InChI is InChI=1S/C15H19N3O2/c1-15(16,9-10-3-7-12(19-2)8-4-10)14-17-13(20-18-14)11-5-6-11/h3-4,7-8,11H,5-6,9,16H2,1-2H3. The molecule has 5 nitrogen and oxygen atoms in total. The zero-order valence-corrected chi connectivity index (χ0v) is 11.8. The minimum absolute atomic E-state index is 0.452. The molecule has 20 heavy (non-hydrogen) atoms. The maximum absolute atomic E-state index is 6.36. The number of nitrogens with zero attached hydrogens (tertiary/aromatic N) is 2. The normalized spacial score (nSPS) is 17.8. The van der Waals surface area contributed by atoms with Gasteiger partial charge >= 0.3 is 0 Å². The molecular weight excluding hydrogens is 254 g/mol. The number of nitrogens with two attached hydrogens (primary N) is 1. The molecule has 0 spiro atoms. The third-order valence-corrected chi connectivity index (χ3v) is 3.61. The maximum atomic E-state index is 6.36. The number of rotatable bonds is 5. The Kier molecular flexibility index (Phi) is 3.22. The molecule has 1 atom stereocenters. The number of aromatic nitrogens is 2. The van der Waals surface area contributed by atoms with Crippen molar-refractivity contribution in [2.24, 2.45) is 5.73 Å². The first-order valence-electron chi connectivity index (χ1n) is 6.84. The van der Waals surface area contributed by atoms with Gasteiger partial charge in [-0.05, 0) is 43.9 Å². The van der Waals surface area contributed by atoms with Crippen LogP contribution in [-0.4, -0.2) is 17.3 Å². The van der Waals surface area contributed by atoms with E-state index < -0.39 is 5.54 Å². The maximum Gasteiger partial charge on any atom is 0.229 e. The summed E-state index contributed by atoms with van der Waals surface area (Å²) in [5.41, 5.74) is 6.84. The lowest BCUT2D eigenvalue weighted by Crippen LogP contribution is -2.36. The van der Waals surface area contributed by atoms with Crippen LogP contribution in [0.1, 0.15) is 43.0 Å². The summed E-state index contributed by atoms with van der Waals surface area (Å²) in [5.74, 6) is 2.60. The van der Waals surface area contributed by atoms with Crippen LogP contribution in [0.15, 0.2) is 28.8 Å². The fourth-order valence-electron chi connectivity index (χ4n) is 2.21. The van der Waals surface area contributed by atoms with E-state index in [1.165, 1.54) is 0 Å². The first-order valence-corrected chi connectivity index (χ1v) is 6.84. The van der Waals surface area contributed by atoms with Gasteiger partial charge in [0.2, 0.25) is 5.89 Å². The van der Waals surface area contributed by atoms with E-state index >= 15 is 0 Å². The van der Waals surface area contributed by atoms with Crippen molar-refractivity contribution >= 4 is 0 Å². The van der Waals surface area contributed by atoms with Gasteiger partial charge in [-0.2, -0.15) is 4.98 Å². The van der Waals surface area contributed by atoms with E-state index in [1.807, 2.05) is 31.2 Å². The second kappa shape index (κ2) is 4.90. The summed E-state index contributed by atoms with van der Waals surface area (Å²) in [6.45, 7) is 1.93. The number of benzene rings is 1. The largest absolute Gasteiger partial charge is 0.497 e. The minimum Gasteiger partial charge on any atom is -0.497 e. The molecule has 106 valence electrons. The van der Waals surface area contributed by atoms with E-state index in [2.05, 4.69) is 10.1 Å². The molecule has 1 aliphatic carbocycles. The van der Waals surface area contributed by atoms with E-state index in [9.17, 15) is 0 Å². The second-order valence-electron chi connectivity index (χ2n) is 5.67. The average Bonchev–Trinajstić information content (AvgIpc) is 3.16. The lowest BCUT2D eigenvalue weighted by molar-refractivity contribution is 0.354. The van der Waals surface area contributed by atoms with E-state index in [-0.39, 0.29) is 0 Å². The molecule has 0 saturated heterocycles. The molecule has 2 N–H and O–H groups in total. The molecule has 2 aromatic rings. The molecule has 0 amide bonds. The van der Waals surface area contributed by atoms with Crippen molar-refractivity contribution in [3.8, 4) is 5.75 Å². The molecule has 1 aliphatic rings. The van der Waals surface area contributed by atoms with Gasteiger partial charge in [-0.1, -0.05) is 17.3 Å². The molecular formula is C15H19N3O2. The molecule has 3 rings (SSSR count). The Bertz CT molecular complexity index is 585. The zero-order chi connectivity index (χ0) is 14.2. The highest BCUT2D eigenvalue weighted by molar-refractivity contribution is 5.28. The predicted octanol–water partition coefficient (Wildman–Crippen LogP) is 2.37. The number of methoxy groups -OCH3 is 1. The van der Waals surface area contributed by atoms with Gasteiger partial charge in [-0.3, -0.25) is 0 Å². The van der Waals surface area contributed by atoms with Crippen LogP contribution in [0.4, 0.5) is 0 Å². The van der Waals surface area contributed by atoms with Crippen molar-refractivity contribution in [3.63, 3.8) is 0 Å². The quantitative estimate of drug-likeness (QED) is 0.905. The van der Waals surface area contributed by atoms with Crippen LogP contribution in [0.5, 0.6) is 5.75 Å². The van der Waals surface area contributed by atoms with Gasteiger partial charge < -0.3 is 15.0 Å². The van der Waals surface area contributed by atoms with Gasteiger partial charge in [0, 0.05) is 5.92 Å². The summed E-state index contributed by atoms with van der Waals surface area (Å²) in [5, 5.41) is 4.04. The van der Waals surface area contributed by atoms with E-state index in [1.54, 1.807) is 7.11 Å². The van der Waals surface area contributed by atoms with Crippen LogP contribution >= 0.6 is 0 Å². The highest BCUT2D eigenvalue weighted by atomic mass is 16.5. The average molecular weight is 273 g/mol. The summed E-state index contributed by atoms with van der Waals surface area (Å²) < 4.78 is 10.4. The number of ether oxygens (including phenoxy) is 1. The first kappa shape index (κ1) is 13.1. The van der Waals surface area contributed by atoms with E-state index in [0.717, 1.165) is 30.0 Å². The van der Waals surface area contributed by atoms with Crippen molar-refractivity contribution in [1.29, 1.82) is 0 Å². The Labute approximate surface area is 118 Å². The van der Waals surface area contributed by atoms with Gasteiger partial charge in [0.15, 0.2) is 5.82 Å². The predicted molar refractivity (Wildman–Crippen MR) is 74.5 cm³/mol. The van der Waals surface area contributed by atoms with Crippen LogP contribution in [0.3, 0.4) is 0 Å². The Balaban J connectivity index is 1.75. The van der Waals surface area contributed by atoms with Gasteiger partial charge in [-0.25, -0.2) is 0 Å². The Hall–Kier alpha value is -1.88. The summed E-state index contributed by atoms with van der Waals surface area (Å²) >= 11 is 0. The number of hydrogen-bond donors (Lipinski definition) is 1. The summed E-state index contributed by atoms with van der Waals surface area (Å²) in [7, 11) is 1.65. The van der Waals surface area contributed by atoms with Crippen molar-refractivity contribution < 1.29 is 9.26 Å². The number of hydrogen-bond acceptors (Lipinski definition) is 5. The monoisotopic (exact) mass is 273 g/mol. The summed E-state index contributed by atoms with van der Waals surface area (Å²) in [6, 6.07) is 7.87. The molecule has 0 radical (unpaired) electrons. The van der Waals surface area contributed by atoms with E-state index in [4.69, 9.17) is 15.0 Å². The van der Waals surface area contributed by atoms with Gasteiger partial charge in [0.1, 0.15) is 5.75 Å². The van der Waals surface area contributed by atoms with E-state index in [0.29, 0.717) is 18.2 Å².